The molecule has 0 aliphatic carbocycles. The molecular formula is C17H26BrFIN3O. The number of halogens is 3. The molecule has 0 bridgehead atoms. The molecule has 4 nitrogen and oxygen atoms in total. The van der Waals surface area contributed by atoms with Crippen molar-refractivity contribution in [1.29, 1.82) is 0 Å². The normalized spacial score (nSPS) is 15.8. The van der Waals surface area contributed by atoms with Crippen LogP contribution in [-0.2, 0) is 11.3 Å². The van der Waals surface area contributed by atoms with Gasteiger partial charge in [-0.2, -0.15) is 0 Å². The highest BCUT2D eigenvalue weighted by molar-refractivity contribution is 14.0. The van der Waals surface area contributed by atoms with Gasteiger partial charge in [-0.1, -0.05) is 22.0 Å². The van der Waals surface area contributed by atoms with Gasteiger partial charge < -0.3 is 15.0 Å². The summed E-state index contributed by atoms with van der Waals surface area (Å²) in [7, 11) is 3.78. The van der Waals surface area contributed by atoms with Crippen LogP contribution in [0.5, 0.6) is 0 Å². The largest absolute Gasteiger partial charge is 0.381 e. The van der Waals surface area contributed by atoms with E-state index in [1.165, 1.54) is 6.07 Å². The Kier molecular flexibility index (Phi) is 10.1. The third-order valence-corrected chi connectivity index (χ3v) is 4.73. The van der Waals surface area contributed by atoms with Crippen molar-refractivity contribution in [2.75, 3.05) is 33.9 Å². The standard InChI is InChI=1S/C17H25BrFN3O.HI/c1-20-17(21-12-14-3-4-15(18)11-16(14)19)22(2)8-5-13-6-9-23-10-7-13;/h3-4,11,13H,5-10,12H2,1-2H3,(H,20,21);1H. The third-order valence-electron chi connectivity index (χ3n) is 4.24. The van der Waals surface area contributed by atoms with Crippen molar-refractivity contribution in [1.82, 2.24) is 10.2 Å². The first kappa shape index (κ1) is 21.6. The van der Waals surface area contributed by atoms with E-state index in [4.69, 9.17) is 4.74 Å². The Balaban J connectivity index is 0.00000288. The molecule has 0 radical (unpaired) electrons. The molecule has 0 atom stereocenters. The number of guanidine groups is 1. The summed E-state index contributed by atoms with van der Waals surface area (Å²) in [6.07, 6.45) is 3.42. The maximum atomic E-state index is 13.9. The summed E-state index contributed by atoms with van der Waals surface area (Å²) in [5.41, 5.74) is 0.632. The summed E-state index contributed by atoms with van der Waals surface area (Å²) in [6, 6.07) is 5.11. The van der Waals surface area contributed by atoms with E-state index in [-0.39, 0.29) is 29.8 Å². The van der Waals surface area contributed by atoms with Gasteiger partial charge >= 0.3 is 0 Å². The fourth-order valence-corrected chi connectivity index (χ4v) is 3.07. The minimum absolute atomic E-state index is 0. The maximum absolute atomic E-state index is 13.9. The lowest BCUT2D eigenvalue weighted by molar-refractivity contribution is 0.0625. The monoisotopic (exact) mass is 513 g/mol. The van der Waals surface area contributed by atoms with Gasteiger partial charge in [-0.25, -0.2) is 4.39 Å². The van der Waals surface area contributed by atoms with Gasteiger partial charge in [0.2, 0.25) is 0 Å². The van der Waals surface area contributed by atoms with Crippen LogP contribution in [0.25, 0.3) is 0 Å². The summed E-state index contributed by atoms with van der Waals surface area (Å²) in [5, 5.41) is 3.23. The van der Waals surface area contributed by atoms with Gasteiger partial charge in [-0.3, -0.25) is 4.99 Å². The first-order chi connectivity index (χ1) is 11.1. The molecular weight excluding hydrogens is 488 g/mol. The molecule has 1 aliphatic rings. The van der Waals surface area contributed by atoms with Gasteiger partial charge in [0.05, 0.1) is 0 Å². The van der Waals surface area contributed by atoms with E-state index in [0.29, 0.717) is 12.1 Å². The van der Waals surface area contributed by atoms with Gasteiger partial charge in [-0.15, -0.1) is 24.0 Å². The van der Waals surface area contributed by atoms with E-state index in [9.17, 15) is 4.39 Å². The van der Waals surface area contributed by atoms with Crippen molar-refractivity contribution in [3.05, 3.63) is 34.1 Å². The Morgan fingerprint density at radius 2 is 2.12 bits per heavy atom. The van der Waals surface area contributed by atoms with Crippen LogP contribution in [0.3, 0.4) is 0 Å². The van der Waals surface area contributed by atoms with Crippen molar-refractivity contribution in [3.63, 3.8) is 0 Å². The highest BCUT2D eigenvalue weighted by Gasteiger charge is 2.15. The zero-order valence-corrected chi connectivity index (χ0v) is 18.1. The number of hydrogen-bond acceptors (Lipinski definition) is 2. The number of rotatable bonds is 5. The van der Waals surface area contributed by atoms with E-state index in [0.717, 1.165) is 55.4 Å². The molecule has 2 rings (SSSR count). The van der Waals surface area contributed by atoms with E-state index >= 15 is 0 Å². The quantitative estimate of drug-likeness (QED) is 0.367. The van der Waals surface area contributed by atoms with Crippen molar-refractivity contribution >= 4 is 45.9 Å². The number of ether oxygens (including phenoxy) is 1. The fourth-order valence-electron chi connectivity index (χ4n) is 2.74. The minimum atomic E-state index is -0.216. The number of hydrogen-bond donors (Lipinski definition) is 1. The summed E-state index contributed by atoms with van der Waals surface area (Å²) < 4.78 is 20.0. The second-order valence-corrected chi connectivity index (χ2v) is 6.82. The van der Waals surface area contributed by atoms with Crippen LogP contribution >= 0.6 is 39.9 Å². The first-order valence-corrected chi connectivity index (χ1v) is 8.83. The summed E-state index contributed by atoms with van der Waals surface area (Å²) in [5.74, 6) is 1.31. The summed E-state index contributed by atoms with van der Waals surface area (Å²) >= 11 is 3.27. The van der Waals surface area contributed by atoms with Gasteiger partial charge in [0.1, 0.15) is 5.82 Å². The van der Waals surface area contributed by atoms with Gasteiger partial charge in [-0.05, 0) is 37.3 Å². The molecule has 1 fully saturated rings. The Morgan fingerprint density at radius 1 is 1.42 bits per heavy atom. The average molecular weight is 514 g/mol. The summed E-state index contributed by atoms with van der Waals surface area (Å²) in [4.78, 5) is 6.39. The molecule has 1 heterocycles. The zero-order chi connectivity index (χ0) is 16.7. The van der Waals surface area contributed by atoms with Crippen LogP contribution in [0.2, 0.25) is 0 Å². The van der Waals surface area contributed by atoms with E-state index in [1.807, 2.05) is 13.1 Å². The smallest absolute Gasteiger partial charge is 0.193 e. The minimum Gasteiger partial charge on any atom is -0.381 e. The van der Waals surface area contributed by atoms with E-state index < -0.39 is 0 Å². The van der Waals surface area contributed by atoms with Crippen LogP contribution < -0.4 is 5.32 Å². The van der Waals surface area contributed by atoms with Crippen LogP contribution in [0, 0.1) is 11.7 Å². The van der Waals surface area contributed by atoms with Crippen molar-refractivity contribution < 1.29 is 9.13 Å². The molecule has 0 aromatic heterocycles. The predicted molar refractivity (Wildman–Crippen MR) is 111 cm³/mol. The van der Waals surface area contributed by atoms with Crippen LogP contribution in [-0.4, -0.2) is 44.7 Å². The second kappa shape index (κ2) is 11.3. The van der Waals surface area contributed by atoms with Crippen molar-refractivity contribution in [2.45, 2.75) is 25.8 Å². The first-order valence-electron chi connectivity index (χ1n) is 8.03. The third kappa shape index (κ3) is 6.84. The van der Waals surface area contributed by atoms with Gasteiger partial charge in [0.15, 0.2) is 5.96 Å². The average Bonchev–Trinajstić information content (AvgIpc) is 2.56. The number of aliphatic imine (C=N–C) groups is 1. The SMILES string of the molecule is CN=C(NCc1ccc(Br)cc1F)N(C)CCC1CCOCC1.I. The number of benzene rings is 1. The lowest BCUT2D eigenvalue weighted by Crippen LogP contribution is -2.39. The van der Waals surface area contributed by atoms with Crippen molar-refractivity contribution in [3.8, 4) is 0 Å². The molecule has 0 amide bonds. The number of nitrogens with zero attached hydrogens (tertiary/aromatic N) is 2. The molecule has 1 aromatic rings. The predicted octanol–water partition coefficient (Wildman–Crippen LogP) is 4.03. The van der Waals surface area contributed by atoms with Crippen LogP contribution in [0.15, 0.2) is 27.7 Å². The molecule has 0 spiro atoms. The maximum Gasteiger partial charge on any atom is 0.193 e. The summed E-state index contributed by atoms with van der Waals surface area (Å²) in [6.45, 7) is 3.12. The molecule has 1 aliphatic heterocycles. The van der Waals surface area contributed by atoms with Gasteiger partial charge in [0.25, 0.3) is 0 Å². The fraction of sp³-hybridized carbons (Fsp3) is 0.588. The Bertz CT molecular complexity index is 539. The molecule has 24 heavy (non-hydrogen) atoms. The van der Waals surface area contributed by atoms with E-state index in [1.54, 1.807) is 13.1 Å². The van der Waals surface area contributed by atoms with Crippen molar-refractivity contribution in [2.24, 2.45) is 10.9 Å². The lowest BCUT2D eigenvalue weighted by Gasteiger charge is -2.26. The zero-order valence-electron chi connectivity index (χ0n) is 14.2. The Morgan fingerprint density at radius 3 is 2.75 bits per heavy atom. The molecule has 0 unspecified atom stereocenters. The molecule has 1 aromatic carbocycles. The topological polar surface area (TPSA) is 36.9 Å². The molecule has 0 saturated carbocycles. The second-order valence-electron chi connectivity index (χ2n) is 5.90. The van der Waals surface area contributed by atoms with Crippen LogP contribution in [0.1, 0.15) is 24.8 Å². The highest BCUT2D eigenvalue weighted by atomic mass is 127. The lowest BCUT2D eigenvalue weighted by atomic mass is 9.96. The molecule has 1 saturated heterocycles. The molecule has 1 N–H and O–H groups in total. The highest BCUT2D eigenvalue weighted by Crippen LogP contribution is 2.18. The molecule has 7 heteroatoms. The van der Waals surface area contributed by atoms with Crippen LogP contribution in [0.4, 0.5) is 4.39 Å². The van der Waals surface area contributed by atoms with E-state index in [2.05, 4.69) is 31.1 Å². The Labute approximate surface area is 169 Å². The number of nitrogens with one attached hydrogen (secondary N) is 1. The van der Waals surface area contributed by atoms with Gasteiger partial charge in [0, 0.05) is 50.4 Å². The Hall–Kier alpha value is -0.410. The molecule has 136 valence electrons.